The third kappa shape index (κ3) is 2.08. The van der Waals surface area contributed by atoms with E-state index in [0.717, 1.165) is 22.3 Å². The van der Waals surface area contributed by atoms with E-state index < -0.39 is 0 Å². The molecule has 0 aliphatic carbocycles. The molecule has 3 rings (SSSR count). The molecule has 1 N–H and O–H groups in total. The molecule has 0 aromatic carbocycles. The largest absolute Gasteiger partial charge is 0.304 e. The highest BCUT2D eigenvalue weighted by molar-refractivity contribution is 7.12. The molecule has 0 aliphatic rings. The summed E-state index contributed by atoms with van der Waals surface area (Å²) in [4.78, 5) is 17.3. The molecule has 0 bridgehead atoms. The monoisotopic (exact) mass is 286 g/mol. The SMILES string of the molecule is Cc1cc(C)c2c(NC(=O)c3cccs3)nn(C)c2n1. The van der Waals surface area contributed by atoms with E-state index in [9.17, 15) is 4.79 Å². The molecular weight excluding hydrogens is 272 g/mol. The number of carbonyl (C=O) groups excluding carboxylic acids is 1. The number of fused-ring (bicyclic) bond motifs is 1. The number of nitrogens with one attached hydrogen (secondary N) is 1. The Labute approximate surface area is 120 Å². The van der Waals surface area contributed by atoms with E-state index in [0.29, 0.717) is 10.7 Å². The fourth-order valence-corrected chi connectivity index (χ4v) is 2.87. The van der Waals surface area contributed by atoms with Crippen LogP contribution in [0.3, 0.4) is 0 Å². The Morgan fingerprint density at radius 3 is 2.90 bits per heavy atom. The molecule has 0 unspecified atom stereocenters. The Morgan fingerprint density at radius 1 is 1.40 bits per heavy atom. The highest BCUT2D eigenvalue weighted by Crippen LogP contribution is 2.25. The van der Waals surface area contributed by atoms with E-state index in [1.165, 1.54) is 11.3 Å². The zero-order valence-corrected chi connectivity index (χ0v) is 12.3. The predicted octanol–water partition coefficient (Wildman–Crippen LogP) is 2.90. The van der Waals surface area contributed by atoms with Gasteiger partial charge in [-0.25, -0.2) is 9.67 Å². The molecule has 20 heavy (non-hydrogen) atoms. The van der Waals surface area contributed by atoms with Crippen molar-refractivity contribution in [2.75, 3.05) is 5.32 Å². The van der Waals surface area contributed by atoms with Gasteiger partial charge in [0.25, 0.3) is 5.91 Å². The number of nitrogens with zero attached hydrogens (tertiary/aromatic N) is 3. The van der Waals surface area contributed by atoms with E-state index in [4.69, 9.17) is 0 Å². The molecule has 3 aromatic heterocycles. The van der Waals surface area contributed by atoms with Crippen molar-refractivity contribution in [1.82, 2.24) is 14.8 Å². The Kier molecular flexibility index (Phi) is 3.02. The number of amides is 1. The van der Waals surface area contributed by atoms with Gasteiger partial charge in [-0.3, -0.25) is 4.79 Å². The first-order chi connectivity index (χ1) is 9.56. The van der Waals surface area contributed by atoms with Gasteiger partial charge >= 0.3 is 0 Å². The van der Waals surface area contributed by atoms with Crippen molar-refractivity contribution >= 4 is 34.1 Å². The lowest BCUT2D eigenvalue weighted by Gasteiger charge is -2.02. The van der Waals surface area contributed by atoms with Crippen LogP contribution in [0.4, 0.5) is 5.82 Å². The van der Waals surface area contributed by atoms with Gasteiger partial charge in [0, 0.05) is 12.7 Å². The van der Waals surface area contributed by atoms with Crippen LogP contribution < -0.4 is 5.32 Å². The van der Waals surface area contributed by atoms with E-state index in [1.807, 2.05) is 38.4 Å². The van der Waals surface area contributed by atoms with Crippen LogP contribution >= 0.6 is 11.3 Å². The van der Waals surface area contributed by atoms with Crippen LogP contribution in [0.1, 0.15) is 20.9 Å². The first-order valence-corrected chi connectivity index (χ1v) is 7.10. The minimum atomic E-state index is -0.139. The number of hydrogen-bond acceptors (Lipinski definition) is 4. The number of thiophene rings is 1. The number of carbonyl (C=O) groups is 1. The van der Waals surface area contributed by atoms with Gasteiger partial charge in [-0.1, -0.05) is 6.07 Å². The van der Waals surface area contributed by atoms with Crippen molar-refractivity contribution in [2.45, 2.75) is 13.8 Å². The topological polar surface area (TPSA) is 59.8 Å². The average Bonchev–Trinajstić information content (AvgIpc) is 2.99. The van der Waals surface area contributed by atoms with Gasteiger partial charge in [-0.15, -0.1) is 11.3 Å². The third-order valence-corrected chi connectivity index (χ3v) is 3.96. The highest BCUT2D eigenvalue weighted by Gasteiger charge is 2.16. The quantitative estimate of drug-likeness (QED) is 0.788. The average molecular weight is 286 g/mol. The maximum atomic E-state index is 12.1. The summed E-state index contributed by atoms with van der Waals surface area (Å²) in [6.45, 7) is 3.95. The molecule has 0 saturated heterocycles. The standard InChI is InChI=1S/C14H14N4OS/c1-8-7-9(2)15-13-11(8)12(17-18(13)3)16-14(19)10-5-4-6-20-10/h4-7H,1-3H3,(H,16,17,19). The Hall–Kier alpha value is -2.21. The summed E-state index contributed by atoms with van der Waals surface area (Å²) in [6.07, 6.45) is 0. The minimum Gasteiger partial charge on any atom is -0.304 e. The van der Waals surface area contributed by atoms with E-state index in [-0.39, 0.29) is 5.91 Å². The number of aryl methyl sites for hydroxylation is 3. The van der Waals surface area contributed by atoms with Crippen LogP contribution in [0.25, 0.3) is 11.0 Å². The van der Waals surface area contributed by atoms with E-state index in [1.54, 1.807) is 10.7 Å². The second-order valence-corrected chi connectivity index (χ2v) is 5.63. The number of pyridine rings is 1. The molecule has 0 aliphatic heterocycles. The van der Waals surface area contributed by atoms with Crippen molar-refractivity contribution in [1.29, 1.82) is 0 Å². The fourth-order valence-electron chi connectivity index (χ4n) is 2.26. The smallest absolute Gasteiger partial charge is 0.266 e. The Morgan fingerprint density at radius 2 is 2.20 bits per heavy atom. The molecule has 3 heterocycles. The zero-order chi connectivity index (χ0) is 14.3. The van der Waals surface area contributed by atoms with Gasteiger partial charge < -0.3 is 5.32 Å². The van der Waals surface area contributed by atoms with Gasteiger partial charge in [0.2, 0.25) is 0 Å². The number of rotatable bonds is 2. The molecule has 3 aromatic rings. The second-order valence-electron chi connectivity index (χ2n) is 4.68. The second kappa shape index (κ2) is 4.72. The lowest BCUT2D eigenvalue weighted by molar-refractivity contribution is 0.103. The van der Waals surface area contributed by atoms with Crippen molar-refractivity contribution in [3.8, 4) is 0 Å². The van der Waals surface area contributed by atoms with Crippen LogP contribution in [-0.2, 0) is 7.05 Å². The van der Waals surface area contributed by atoms with Gasteiger partial charge in [-0.05, 0) is 36.9 Å². The summed E-state index contributed by atoms with van der Waals surface area (Å²) in [5.74, 6) is 0.422. The summed E-state index contributed by atoms with van der Waals surface area (Å²) in [5, 5.41) is 10.0. The lowest BCUT2D eigenvalue weighted by atomic mass is 10.2. The first kappa shape index (κ1) is 12.8. The molecule has 0 radical (unpaired) electrons. The summed E-state index contributed by atoms with van der Waals surface area (Å²) in [7, 11) is 1.83. The van der Waals surface area contributed by atoms with E-state index in [2.05, 4.69) is 15.4 Å². The van der Waals surface area contributed by atoms with Crippen LogP contribution in [0.2, 0.25) is 0 Å². The van der Waals surface area contributed by atoms with Crippen molar-refractivity contribution in [3.05, 3.63) is 39.7 Å². The number of anilines is 1. The van der Waals surface area contributed by atoms with Gasteiger partial charge in [0.05, 0.1) is 10.3 Å². The molecular formula is C14H14N4OS. The van der Waals surface area contributed by atoms with E-state index >= 15 is 0 Å². The molecule has 0 fully saturated rings. The number of aromatic nitrogens is 3. The van der Waals surface area contributed by atoms with Gasteiger partial charge in [0.15, 0.2) is 11.5 Å². The maximum Gasteiger partial charge on any atom is 0.266 e. The summed E-state index contributed by atoms with van der Waals surface area (Å²) >= 11 is 1.41. The van der Waals surface area contributed by atoms with Crippen LogP contribution in [0.15, 0.2) is 23.6 Å². The van der Waals surface area contributed by atoms with Crippen LogP contribution in [0.5, 0.6) is 0 Å². The van der Waals surface area contributed by atoms with Crippen molar-refractivity contribution < 1.29 is 4.79 Å². The molecule has 1 amide bonds. The summed E-state index contributed by atoms with van der Waals surface area (Å²) < 4.78 is 1.69. The third-order valence-electron chi connectivity index (χ3n) is 3.10. The lowest BCUT2D eigenvalue weighted by Crippen LogP contribution is -2.11. The molecule has 0 spiro atoms. The first-order valence-electron chi connectivity index (χ1n) is 6.22. The fraction of sp³-hybridized carbons (Fsp3) is 0.214. The van der Waals surface area contributed by atoms with Gasteiger partial charge in [0.1, 0.15) is 0 Å². The zero-order valence-electron chi connectivity index (χ0n) is 11.5. The molecule has 6 heteroatoms. The molecule has 0 atom stereocenters. The minimum absolute atomic E-state index is 0.139. The summed E-state index contributed by atoms with van der Waals surface area (Å²) in [5.41, 5.74) is 2.78. The van der Waals surface area contributed by atoms with Crippen LogP contribution in [-0.4, -0.2) is 20.7 Å². The molecule has 0 saturated carbocycles. The van der Waals surface area contributed by atoms with Gasteiger partial charge in [-0.2, -0.15) is 5.10 Å². The normalized spacial score (nSPS) is 10.9. The molecule has 5 nitrogen and oxygen atoms in total. The predicted molar refractivity (Wildman–Crippen MR) is 80.3 cm³/mol. The van der Waals surface area contributed by atoms with Crippen LogP contribution in [0, 0.1) is 13.8 Å². The molecule has 102 valence electrons. The Bertz CT molecular complexity index is 789. The Balaban J connectivity index is 2.06. The van der Waals surface area contributed by atoms with Crippen molar-refractivity contribution in [2.24, 2.45) is 7.05 Å². The highest BCUT2D eigenvalue weighted by atomic mass is 32.1. The maximum absolute atomic E-state index is 12.1. The summed E-state index contributed by atoms with van der Waals surface area (Å²) in [6, 6.07) is 5.64. The number of hydrogen-bond donors (Lipinski definition) is 1. The van der Waals surface area contributed by atoms with Crippen molar-refractivity contribution in [3.63, 3.8) is 0 Å².